The van der Waals surface area contributed by atoms with Gasteiger partial charge in [-0.05, 0) is 6.07 Å². The Hall–Kier alpha value is -1.49. The predicted molar refractivity (Wildman–Crippen MR) is 56.4 cm³/mol. The average molecular weight is 219 g/mol. The summed E-state index contributed by atoms with van der Waals surface area (Å²) < 4.78 is 4.87. The third kappa shape index (κ3) is 2.50. The van der Waals surface area contributed by atoms with Crippen molar-refractivity contribution in [2.75, 3.05) is 19.5 Å². The van der Waals surface area contributed by atoms with Gasteiger partial charge in [-0.1, -0.05) is 0 Å². The molecule has 0 amide bonds. The van der Waals surface area contributed by atoms with Crippen LogP contribution in [0.4, 0.5) is 11.4 Å². The Morgan fingerprint density at radius 1 is 1.50 bits per heavy atom. The first-order chi connectivity index (χ1) is 6.19. The molecular formula is C8H11ClN2O3. The van der Waals surface area contributed by atoms with Crippen LogP contribution in [0.3, 0.4) is 0 Å². The van der Waals surface area contributed by atoms with Crippen LogP contribution in [0.5, 0.6) is 5.75 Å². The second-order valence-corrected chi connectivity index (χ2v) is 2.39. The number of hydrogen-bond acceptors (Lipinski definition) is 4. The molecule has 6 heteroatoms. The SMILES string of the molecule is CNc1ccc([N+](=O)[O-])c(OC)c1.Cl. The lowest BCUT2D eigenvalue weighted by Gasteiger charge is -2.04. The maximum absolute atomic E-state index is 10.5. The fraction of sp³-hybridized carbons (Fsp3) is 0.250. The second-order valence-electron chi connectivity index (χ2n) is 2.39. The highest BCUT2D eigenvalue weighted by atomic mass is 35.5. The van der Waals surface area contributed by atoms with Gasteiger partial charge in [0.25, 0.3) is 0 Å². The minimum Gasteiger partial charge on any atom is -0.490 e. The molecule has 0 bridgehead atoms. The molecule has 0 saturated heterocycles. The third-order valence-corrected chi connectivity index (χ3v) is 1.67. The third-order valence-electron chi connectivity index (χ3n) is 1.67. The van der Waals surface area contributed by atoms with Gasteiger partial charge in [-0.3, -0.25) is 10.1 Å². The molecule has 0 unspecified atom stereocenters. The van der Waals surface area contributed by atoms with Crippen LogP contribution in [0.15, 0.2) is 18.2 Å². The van der Waals surface area contributed by atoms with E-state index in [1.54, 1.807) is 19.2 Å². The topological polar surface area (TPSA) is 64.4 Å². The molecule has 0 fully saturated rings. The minimum atomic E-state index is -0.474. The summed E-state index contributed by atoms with van der Waals surface area (Å²) in [7, 11) is 3.14. The molecule has 78 valence electrons. The molecule has 0 aromatic heterocycles. The molecule has 14 heavy (non-hydrogen) atoms. The van der Waals surface area contributed by atoms with Crippen molar-refractivity contribution in [1.82, 2.24) is 0 Å². The molecule has 0 saturated carbocycles. The molecule has 0 atom stereocenters. The van der Waals surface area contributed by atoms with Gasteiger partial charge in [-0.2, -0.15) is 0 Å². The number of nitrogens with one attached hydrogen (secondary N) is 1. The van der Waals surface area contributed by atoms with E-state index in [1.165, 1.54) is 13.2 Å². The molecule has 1 N–H and O–H groups in total. The van der Waals surface area contributed by atoms with Gasteiger partial charge in [-0.25, -0.2) is 0 Å². The summed E-state index contributed by atoms with van der Waals surface area (Å²) in [6.07, 6.45) is 0. The van der Waals surface area contributed by atoms with Crippen molar-refractivity contribution < 1.29 is 9.66 Å². The number of methoxy groups -OCH3 is 1. The quantitative estimate of drug-likeness (QED) is 0.623. The first-order valence-corrected chi connectivity index (χ1v) is 3.69. The normalized spacial score (nSPS) is 8.71. The highest BCUT2D eigenvalue weighted by molar-refractivity contribution is 5.85. The number of ether oxygens (including phenoxy) is 1. The number of nitro groups is 1. The predicted octanol–water partition coefficient (Wildman–Crippen LogP) is 2.07. The van der Waals surface area contributed by atoms with Crippen LogP contribution in [0.2, 0.25) is 0 Å². The van der Waals surface area contributed by atoms with Crippen molar-refractivity contribution in [2.45, 2.75) is 0 Å². The Labute approximate surface area is 87.6 Å². The van der Waals surface area contributed by atoms with Crippen molar-refractivity contribution in [3.63, 3.8) is 0 Å². The van der Waals surface area contributed by atoms with Crippen molar-refractivity contribution in [3.8, 4) is 5.75 Å². The lowest BCUT2D eigenvalue weighted by molar-refractivity contribution is -0.385. The van der Waals surface area contributed by atoms with E-state index in [0.717, 1.165) is 5.69 Å². The van der Waals surface area contributed by atoms with Crippen LogP contribution in [0, 0.1) is 10.1 Å². The van der Waals surface area contributed by atoms with Crippen molar-refractivity contribution in [1.29, 1.82) is 0 Å². The molecule has 0 spiro atoms. The van der Waals surface area contributed by atoms with Gasteiger partial charge in [0.2, 0.25) is 0 Å². The summed E-state index contributed by atoms with van der Waals surface area (Å²) in [6, 6.07) is 4.61. The van der Waals surface area contributed by atoms with Crippen LogP contribution in [0.1, 0.15) is 0 Å². The molecule has 5 nitrogen and oxygen atoms in total. The minimum absolute atomic E-state index is 0. The highest BCUT2D eigenvalue weighted by Gasteiger charge is 2.13. The Morgan fingerprint density at radius 3 is 2.57 bits per heavy atom. The zero-order chi connectivity index (χ0) is 9.84. The smallest absolute Gasteiger partial charge is 0.311 e. The lowest BCUT2D eigenvalue weighted by Crippen LogP contribution is -1.95. The summed E-state index contributed by atoms with van der Waals surface area (Å²) in [5, 5.41) is 13.4. The summed E-state index contributed by atoms with van der Waals surface area (Å²) in [4.78, 5) is 10.0. The van der Waals surface area contributed by atoms with Crippen LogP contribution < -0.4 is 10.1 Å². The fourth-order valence-corrected chi connectivity index (χ4v) is 0.984. The number of hydrogen-bond donors (Lipinski definition) is 1. The Kier molecular flexibility index (Phi) is 4.72. The van der Waals surface area contributed by atoms with E-state index in [4.69, 9.17) is 4.74 Å². The van der Waals surface area contributed by atoms with Crippen molar-refractivity contribution in [3.05, 3.63) is 28.3 Å². The van der Waals surface area contributed by atoms with Gasteiger partial charge < -0.3 is 10.1 Å². The summed E-state index contributed by atoms with van der Waals surface area (Å²) in [5.41, 5.74) is 0.754. The number of nitro benzene ring substituents is 1. The van der Waals surface area contributed by atoms with Crippen LogP contribution in [0.25, 0.3) is 0 Å². The number of halogens is 1. The molecule has 1 aromatic carbocycles. The lowest BCUT2D eigenvalue weighted by atomic mass is 10.2. The van der Waals surface area contributed by atoms with Gasteiger partial charge in [0.15, 0.2) is 5.75 Å². The zero-order valence-electron chi connectivity index (χ0n) is 7.81. The first kappa shape index (κ1) is 12.5. The van der Waals surface area contributed by atoms with Crippen LogP contribution in [-0.2, 0) is 0 Å². The number of anilines is 1. The van der Waals surface area contributed by atoms with Gasteiger partial charge in [0.1, 0.15) is 0 Å². The monoisotopic (exact) mass is 218 g/mol. The molecule has 0 aliphatic rings. The average Bonchev–Trinajstić information content (AvgIpc) is 2.16. The fourth-order valence-electron chi connectivity index (χ4n) is 0.984. The largest absolute Gasteiger partial charge is 0.490 e. The zero-order valence-corrected chi connectivity index (χ0v) is 8.63. The summed E-state index contributed by atoms with van der Waals surface area (Å²) in [6.45, 7) is 0. The molecule has 0 aliphatic heterocycles. The summed E-state index contributed by atoms with van der Waals surface area (Å²) in [5.74, 6) is 0.261. The van der Waals surface area contributed by atoms with Gasteiger partial charge in [-0.15, -0.1) is 12.4 Å². The molecular weight excluding hydrogens is 208 g/mol. The van der Waals surface area contributed by atoms with Crippen molar-refractivity contribution in [2.24, 2.45) is 0 Å². The molecule has 0 radical (unpaired) electrons. The van der Waals surface area contributed by atoms with E-state index in [-0.39, 0.29) is 23.8 Å². The van der Waals surface area contributed by atoms with Gasteiger partial charge in [0, 0.05) is 24.9 Å². The summed E-state index contributed by atoms with van der Waals surface area (Å²) >= 11 is 0. The standard InChI is InChI=1S/C8H10N2O3.ClH/c1-9-6-3-4-7(10(11)12)8(5-6)13-2;/h3-5,9H,1-2H3;1H. The number of rotatable bonds is 3. The van der Waals surface area contributed by atoms with Gasteiger partial charge in [0.05, 0.1) is 12.0 Å². The Bertz CT molecular complexity index is 330. The van der Waals surface area contributed by atoms with Crippen LogP contribution >= 0.6 is 12.4 Å². The van der Waals surface area contributed by atoms with E-state index in [9.17, 15) is 10.1 Å². The van der Waals surface area contributed by atoms with E-state index in [2.05, 4.69) is 5.32 Å². The van der Waals surface area contributed by atoms with E-state index >= 15 is 0 Å². The second kappa shape index (κ2) is 5.29. The van der Waals surface area contributed by atoms with E-state index in [0.29, 0.717) is 0 Å². The van der Waals surface area contributed by atoms with Crippen LogP contribution in [-0.4, -0.2) is 19.1 Å². The first-order valence-electron chi connectivity index (χ1n) is 3.69. The molecule has 0 heterocycles. The maximum atomic E-state index is 10.5. The van der Waals surface area contributed by atoms with Gasteiger partial charge >= 0.3 is 5.69 Å². The Morgan fingerprint density at radius 2 is 2.14 bits per heavy atom. The maximum Gasteiger partial charge on any atom is 0.311 e. The van der Waals surface area contributed by atoms with Crippen molar-refractivity contribution >= 4 is 23.8 Å². The molecule has 1 rings (SSSR count). The number of benzene rings is 1. The highest BCUT2D eigenvalue weighted by Crippen LogP contribution is 2.29. The molecule has 0 aliphatic carbocycles. The Balaban J connectivity index is 0.00000169. The molecule has 1 aromatic rings. The number of nitrogens with zero attached hydrogens (tertiary/aromatic N) is 1. The van der Waals surface area contributed by atoms with E-state index < -0.39 is 4.92 Å². The van der Waals surface area contributed by atoms with E-state index in [1.807, 2.05) is 0 Å².